The summed E-state index contributed by atoms with van der Waals surface area (Å²) in [7, 11) is 0. The quantitative estimate of drug-likeness (QED) is 0.544. The summed E-state index contributed by atoms with van der Waals surface area (Å²) in [6.07, 6.45) is 2.25. The summed E-state index contributed by atoms with van der Waals surface area (Å²) in [4.78, 5) is 10.7. The Morgan fingerprint density at radius 3 is 2.65 bits per heavy atom. The largest absolute Gasteiger partial charge is 0.492 e. The third-order valence-corrected chi connectivity index (χ3v) is 3.65. The molecule has 0 amide bonds. The lowest BCUT2D eigenvalue weighted by molar-refractivity contribution is -0.117. The molecule has 0 saturated heterocycles. The molecule has 0 N–H and O–H groups in total. The molecule has 0 radical (unpaired) electrons. The van der Waals surface area contributed by atoms with Gasteiger partial charge in [0.25, 0.3) is 0 Å². The first-order valence-electron chi connectivity index (χ1n) is 5.27. The number of hydrogen-bond acceptors (Lipinski definition) is 2. The van der Waals surface area contributed by atoms with Gasteiger partial charge in [-0.15, -0.1) is 0 Å². The zero-order valence-electron chi connectivity index (χ0n) is 9.43. The second-order valence-electron chi connectivity index (χ2n) is 3.70. The van der Waals surface area contributed by atoms with Crippen molar-refractivity contribution in [3.8, 4) is 5.75 Å². The highest BCUT2D eigenvalue weighted by Crippen LogP contribution is 2.34. The smallest absolute Gasteiger partial charge is 0.139 e. The molecule has 0 aromatic heterocycles. The van der Waals surface area contributed by atoms with Gasteiger partial charge in [-0.2, -0.15) is 0 Å². The van der Waals surface area contributed by atoms with Crippen LogP contribution in [-0.4, -0.2) is 12.4 Å². The van der Waals surface area contributed by atoms with E-state index in [1.54, 1.807) is 19.1 Å². The monoisotopic (exact) mass is 338 g/mol. The van der Waals surface area contributed by atoms with Gasteiger partial charge in [0.05, 0.1) is 16.7 Å². The molecule has 2 nitrogen and oxygen atoms in total. The third kappa shape index (κ3) is 5.28. The molecule has 1 aromatic carbocycles. The minimum absolute atomic E-state index is 0.203. The minimum atomic E-state index is 0.203. The fraction of sp³-hybridized carbons (Fsp3) is 0.417. The van der Waals surface area contributed by atoms with Gasteiger partial charge in [0.1, 0.15) is 11.5 Å². The number of ether oxygens (including phenoxy) is 1. The lowest BCUT2D eigenvalue weighted by atomic mass is 10.2. The molecule has 1 aromatic rings. The molecule has 0 saturated carbocycles. The highest BCUT2D eigenvalue weighted by Gasteiger charge is 2.06. The summed E-state index contributed by atoms with van der Waals surface area (Å²) in [5, 5.41) is 1.08. The van der Waals surface area contributed by atoms with Crippen LogP contribution in [0.1, 0.15) is 26.2 Å². The number of carbonyl (C=O) groups is 1. The molecule has 0 unspecified atom stereocenters. The van der Waals surface area contributed by atoms with E-state index in [0.717, 1.165) is 17.3 Å². The van der Waals surface area contributed by atoms with Crippen LogP contribution < -0.4 is 4.74 Å². The number of ketones is 1. The molecule has 0 aliphatic rings. The first-order valence-corrected chi connectivity index (χ1v) is 6.82. The molecular formula is C12H13BrCl2O2. The van der Waals surface area contributed by atoms with Crippen molar-refractivity contribution in [3.05, 3.63) is 26.7 Å². The van der Waals surface area contributed by atoms with Crippen molar-refractivity contribution in [2.24, 2.45) is 0 Å². The summed E-state index contributed by atoms with van der Waals surface area (Å²) in [5.74, 6) is 0.775. The molecule has 0 aliphatic carbocycles. The molecule has 0 aliphatic heterocycles. The first-order chi connectivity index (χ1) is 8.00. The van der Waals surface area contributed by atoms with Crippen molar-refractivity contribution in [3.63, 3.8) is 0 Å². The first kappa shape index (κ1) is 14.8. The SMILES string of the molecule is CC(=O)CCCCOc1cc(Cl)c(Br)cc1Cl. The minimum Gasteiger partial charge on any atom is -0.492 e. The summed E-state index contributed by atoms with van der Waals surface area (Å²) >= 11 is 15.2. The number of rotatable bonds is 6. The Labute approximate surface area is 119 Å². The number of Topliss-reactive ketones (excluding diaryl/α,β-unsaturated/α-hetero) is 1. The molecule has 5 heteroatoms. The van der Waals surface area contributed by atoms with Crippen molar-refractivity contribution in [1.29, 1.82) is 0 Å². The topological polar surface area (TPSA) is 26.3 Å². The van der Waals surface area contributed by atoms with Gasteiger partial charge in [0, 0.05) is 17.0 Å². The Bertz CT molecular complexity index is 408. The molecule has 0 fully saturated rings. The van der Waals surface area contributed by atoms with Gasteiger partial charge in [-0.3, -0.25) is 0 Å². The van der Waals surface area contributed by atoms with Crippen molar-refractivity contribution in [2.45, 2.75) is 26.2 Å². The van der Waals surface area contributed by atoms with Crippen LogP contribution in [0.2, 0.25) is 10.0 Å². The van der Waals surface area contributed by atoms with E-state index >= 15 is 0 Å². The highest BCUT2D eigenvalue weighted by atomic mass is 79.9. The molecule has 1 rings (SSSR count). The molecule has 17 heavy (non-hydrogen) atoms. The van der Waals surface area contributed by atoms with Gasteiger partial charge in [-0.05, 0) is 41.8 Å². The van der Waals surface area contributed by atoms with Crippen LogP contribution in [0.5, 0.6) is 5.75 Å². The van der Waals surface area contributed by atoms with Crippen molar-refractivity contribution >= 4 is 44.9 Å². The molecule has 0 spiro atoms. The van der Waals surface area contributed by atoms with Crippen molar-refractivity contribution in [2.75, 3.05) is 6.61 Å². The van der Waals surface area contributed by atoms with E-state index in [0.29, 0.717) is 28.8 Å². The van der Waals surface area contributed by atoms with Gasteiger partial charge in [-0.25, -0.2) is 0 Å². The fourth-order valence-electron chi connectivity index (χ4n) is 1.27. The Morgan fingerprint density at radius 1 is 1.29 bits per heavy atom. The molecule has 0 bridgehead atoms. The Balaban J connectivity index is 2.41. The van der Waals surface area contributed by atoms with E-state index in [4.69, 9.17) is 27.9 Å². The van der Waals surface area contributed by atoms with E-state index in [1.807, 2.05) is 0 Å². The fourth-order valence-corrected chi connectivity index (χ4v) is 2.12. The maximum Gasteiger partial charge on any atom is 0.139 e. The Morgan fingerprint density at radius 2 is 2.00 bits per heavy atom. The molecule has 94 valence electrons. The lowest BCUT2D eigenvalue weighted by Crippen LogP contribution is -1.99. The van der Waals surface area contributed by atoms with Gasteiger partial charge in [-0.1, -0.05) is 23.2 Å². The van der Waals surface area contributed by atoms with Crippen molar-refractivity contribution < 1.29 is 9.53 Å². The number of benzene rings is 1. The highest BCUT2D eigenvalue weighted by molar-refractivity contribution is 9.10. The summed E-state index contributed by atoms with van der Waals surface area (Å²) in [6, 6.07) is 3.38. The van der Waals surface area contributed by atoms with Gasteiger partial charge >= 0.3 is 0 Å². The average molecular weight is 340 g/mol. The number of halogens is 3. The predicted molar refractivity (Wildman–Crippen MR) is 74.2 cm³/mol. The second kappa shape index (κ2) is 7.24. The molecule has 0 heterocycles. The number of hydrogen-bond donors (Lipinski definition) is 0. The van der Waals surface area contributed by atoms with E-state index in [-0.39, 0.29) is 5.78 Å². The normalized spacial score (nSPS) is 10.4. The van der Waals surface area contributed by atoms with Crippen molar-refractivity contribution in [1.82, 2.24) is 0 Å². The summed E-state index contributed by atoms with van der Waals surface area (Å²) in [5.41, 5.74) is 0. The third-order valence-electron chi connectivity index (χ3n) is 2.16. The average Bonchev–Trinajstić information content (AvgIpc) is 2.24. The molecular weight excluding hydrogens is 327 g/mol. The van der Waals surface area contributed by atoms with E-state index in [1.165, 1.54) is 0 Å². The predicted octanol–water partition coefficient (Wildman–Crippen LogP) is 4.89. The Hall–Kier alpha value is -0.250. The van der Waals surface area contributed by atoms with Gasteiger partial charge in [0.2, 0.25) is 0 Å². The Kier molecular flexibility index (Phi) is 6.31. The van der Waals surface area contributed by atoms with Crippen LogP contribution in [-0.2, 0) is 4.79 Å². The number of carbonyl (C=O) groups excluding carboxylic acids is 1. The standard InChI is InChI=1S/C12H13BrCl2O2/c1-8(16)4-2-3-5-17-12-7-10(14)9(13)6-11(12)15/h6-7H,2-5H2,1H3. The van der Waals surface area contributed by atoms with E-state index in [2.05, 4.69) is 15.9 Å². The zero-order valence-corrected chi connectivity index (χ0v) is 12.5. The van der Waals surface area contributed by atoms with Gasteiger partial charge in [0.15, 0.2) is 0 Å². The van der Waals surface area contributed by atoms with Crippen LogP contribution in [0, 0.1) is 0 Å². The molecule has 0 atom stereocenters. The van der Waals surface area contributed by atoms with Crippen LogP contribution in [0.3, 0.4) is 0 Å². The van der Waals surface area contributed by atoms with E-state index in [9.17, 15) is 4.79 Å². The van der Waals surface area contributed by atoms with Crippen LogP contribution in [0.15, 0.2) is 16.6 Å². The maximum absolute atomic E-state index is 10.7. The van der Waals surface area contributed by atoms with E-state index < -0.39 is 0 Å². The van der Waals surface area contributed by atoms with Crippen LogP contribution in [0.4, 0.5) is 0 Å². The number of unbranched alkanes of at least 4 members (excludes halogenated alkanes) is 1. The zero-order chi connectivity index (χ0) is 12.8. The maximum atomic E-state index is 10.7. The van der Waals surface area contributed by atoms with Crippen LogP contribution in [0.25, 0.3) is 0 Å². The summed E-state index contributed by atoms with van der Waals surface area (Å²) < 4.78 is 6.25. The van der Waals surface area contributed by atoms with Crippen LogP contribution >= 0.6 is 39.1 Å². The second-order valence-corrected chi connectivity index (χ2v) is 5.37. The van der Waals surface area contributed by atoms with Gasteiger partial charge < -0.3 is 9.53 Å². The lowest BCUT2D eigenvalue weighted by Gasteiger charge is -2.09. The summed E-state index contributed by atoms with van der Waals surface area (Å²) in [6.45, 7) is 2.12.